The summed E-state index contributed by atoms with van der Waals surface area (Å²) >= 11 is 0.986. The Bertz CT molecular complexity index is 1380. The largest absolute Gasteiger partial charge is 0.481 e. The number of piperidine rings is 1. The molecule has 2 heterocycles. The minimum absolute atomic E-state index is 0.0900. The number of alkyl halides is 6. The number of aliphatic carboxylic acids is 3. The quantitative estimate of drug-likeness (QED) is 0.190. The number of carboxylic acid groups (broad SMARTS) is 3. The second-order valence-electron chi connectivity index (χ2n) is 9.88. The molecule has 0 spiro atoms. The lowest BCUT2D eigenvalue weighted by Gasteiger charge is -2.31. The van der Waals surface area contributed by atoms with Crippen LogP contribution >= 0.6 is 11.8 Å². The van der Waals surface area contributed by atoms with Crippen molar-refractivity contribution >= 4 is 40.7 Å². The Morgan fingerprint density at radius 2 is 1.62 bits per heavy atom. The van der Waals surface area contributed by atoms with Gasteiger partial charge in [0.05, 0.1) is 35.4 Å². The number of carboxylic acids is 3. The molecule has 0 bridgehead atoms. The number of hydrogen-bond acceptors (Lipinski definition) is 8. The van der Waals surface area contributed by atoms with Crippen LogP contribution < -0.4 is 5.32 Å². The molecule has 0 aliphatic carbocycles. The summed E-state index contributed by atoms with van der Waals surface area (Å²) < 4.78 is 78.6. The maximum Gasteiger partial charge on any atom is 0.416 e. The number of hydrogen-bond donors (Lipinski definition) is 5. The summed E-state index contributed by atoms with van der Waals surface area (Å²) in [6.07, 6.45) is -3.64. The van der Waals surface area contributed by atoms with E-state index in [0.717, 1.165) is 17.8 Å². The first-order valence-corrected chi connectivity index (χ1v) is 13.7. The summed E-state index contributed by atoms with van der Waals surface area (Å²) in [6, 6.07) is 1.76. The third-order valence-corrected chi connectivity index (χ3v) is 7.25. The fourth-order valence-corrected chi connectivity index (χ4v) is 5.09. The van der Waals surface area contributed by atoms with E-state index < -0.39 is 59.8 Å². The summed E-state index contributed by atoms with van der Waals surface area (Å²) in [7, 11) is 0. The first-order chi connectivity index (χ1) is 20.7. The van der Waals surface area contributed by atoms with E-state index in [4.69, 9.17) is 26.8 Å². The molecule has 1 amide bonds. The Morgan fingerprint density at radius 3 is 2.09 bits per heavy atom. The third-order valence-electron chi connectivity index (χ3n) is 6.43. The number of carbonyl (C=O) groups is 4. The Morgan fingerprint density at radius 1 is 1.04 bits per heavy atom. The van der Waals surface area contributed by atoms with E-state index in [9.17, 15) is 45.5 Å². The first-order valence-electron chi connectivity index (χ1n) is 12.8. The van der Waals surface area contributed by atoms with Crippen LogP contribution in [0.3, 0.4) is 0 Å². The van der Waals surface area contributed by atoms with Gasteiger partial charge in [-0.3, -0.25) is 19.3 Å². The number of aliphatic hydroxyl groups is 1. The molecule has 0 unspecified atom stereocenters. The Labute approximate surface area is 256 Å². The normalized spacial score (nSPS) is 17.2. The van der Waals surface area contributed by atoms with E-state index in [0.29, 0.717) is 42.7 Å². The van der Waals surface area contributed by atoms with Gasteiger partial charge in [0.25, 0.3) is 0 Å². The molecule has 0 radical (unpaired) electrons. The minimum atomic E-state index is -4.88. The number of halogens is 6. The van der Waals surface area contributed by atoms with Gasteiger partial charge < -0.3 is 25.7 Å². The number of nitrogens with one attached hydrogen (secondary N) is 1. The van der Waals surface area contributed by atoms with Crippen LogP contribution in [0.5, 0.6) is 0 Å². The first kappa shape index (κ1) is 37.1. The van der Waals surface area contributed by atoms with Gasteiger partial charge >= 0.3 is 35.5 Å². The molecule has 5 N–H and O–H groups in total. The van der Waals surface area contributed by atoms with Crippen molar-refractivity contribution in [3.63, 3.8) is 0 Å². The maximum atomic E-state index is 13.4. The fraction of sp³-hybridized carbons (Fsp3) is 0.444. The zero-order valence-electron chi connectivity index (χ0n) is 23.1. The predicted octanol–water partition coefficient (Wildman–Crippen LogP) is 4.06. The Balaban J connectivity index is 0.000000459. The van der Waals surface area contributed by atoms with Gasteiger partial charge in [0.2, 0.25) is 0 Å². The molecule has 45 heavy (non-hydrogen) atoms. The SMILES string of the molecule is C#CCNC1=NC(=O)S/C1=C\C1CCN(Cc2ccc(C(F)(F)F)cc2C(F)(F)F)CC1.O=C(O)CC(O)(CC(=O)O)C(=O)O. The zero-order chi connectivity index (χ0) is 34.2. The number of amides is 1. The van der Waals surface area contributed by atoms with Crippen LogP contribution in [0.25, 0.3) is 0 Å². The highest BCUT2D eigenvalue weighted by molar-refractivity contribution is 8.18. The molecular formula is C27H27F6N3O8S. The second kappa shape index (κ2) is 15.3. The molecule has 3 rings (SSSR count). The van der Waals surface area contributed by atoms with Gasteiger partial charge in [-0.15, -0.1) is 6.42 Å². The van der Waals surface area contributed by atoms with Gasteiger partial charge in [-0.1, -0.05) is 18.1 Å². The summed E-state index contributed by atoms with van der Waals surface area (Å²) in [6.45, 7) is 1.06. The van der Waals surface area contributed by atoms with Crippen LogP contribution in [-0.4, -0.2) is 79.5 Å². The van der Waals surface area contributed by atoms with E-state index in [2.05, 4.69) is 16.2 Å². The zero-order valence-corrected chi connectivity index (χ0v) is 23.9. The van der Waals surface area contributed by atoms with Crippen LogP contribution in [0.4, 0.5) is 31.1 Å². The van der Waals surface area contributed by atoms with Gasteiger partial charge in [0.1, 0.15) is 5.84 Å². The fourth-order valence-electron chi connectivity index (χ4n) is 4.29. The van der Waals surface area contributed by atoms with Crippen molar-refractivity contribution < 1.29 is 65.9 Å². The lowest BCUT2D eigenvalue weighted by Crippen LogP contribution is -2.42. The molecule has 0 atom stereocenters. The number of carbonyl (C=O) groups excluding carboxylic acids is 1. The highest BCUT2D eigenvalue weighted by atomic mass is 32.2. The molecule has 1 aromatic carbocycles. The van der Waals surface area contributed by atoms with E-state index in [1.54, 1.807) is 4.90 Å². The predicted molar refractivity (Wildman–Crippen MR) is 147 cm³/mol. The average molecular weight is 668 g/mol. The standard InChI is InChI=1S/C21H19F6N3OS.C6H8O7/c1-2-7-28-18-17(32-19(31)29-18)10-13-5-8-30(9-6-13)12-14-3-4-15(20(22,23)24)11-16(14)21(25,26)27;7-3(8)1-6(13,5(11)12)2-4(9)10/h1,3-4,10-11,13H,5-9,12H2,(H,28,29,31);13H,1-2H2,(H,7,8)(H,9,10)(H,11,12)/b17-10-;. The third kappa shape index (κ3) is 11.4. The molecular weight excluding hydrogens is 640 g/mol. The number of thioether (sulfide) groups is 1. The number of nitrogens with zero attached hydrogens (tertiary/aromatic N) is 2. The molecule has 18 heteroatoms. The number of allylic oxidation sites excluding steroid dienone is 1. The summed E-state index contributed by atoms with van der Waals surface area (Å²) in [5, 5.41) is 36.3. The molecule has 1 saturated heterocycles. The van der Waals surface area contributed by atoms with Gasteiger partial charge in [-0.25, -0.2) is 4.79 Å². The topological polar surface area (TPSA) is 177 Å². The van der Waals surface area contributed by atoms with E-state index in [-0.39, 0.29) is 35.9 Å². The van der Waals surface area contributed by atoms with Crippen LogP contribution in [-0.2, 0) is 33.3 Å². The maximum absolute atomic E-state index is 13.4. The molecule has 2 aliphatic heterocycles. The van der Waals surface area contributed by atoms with Gasteiger partial charge in [-0.2, -0.15) is 31.3 Å². The molecule has 2 aliphatic rings. The Hall–Kier alpha value is -4.08. The molecule has 0 saturated carbocycles. The van der Waals surface area contributed by atoms with E-state index in [1.165, 1.54) is 0 Å². The Kier molecular flexibility index (Phi) is 12.6. The van der Waals surface area contributed by atoms with Crippen molar-refractivity contribution in [2.24, 2.45) is 10.9 Å². The van der Waals surface area contributed by atoms with Crippen molar-refractivity contribution in [1.29, 1.82) is 0 Å². The van der Waals surface area contributed by atoms with Crippen molar-refractivity contribution in [3.05, 3.63) is 45.9 Å². The molecule has 246 valence electrons. The van der Waals surface area contributed by atoms with Crippen LogP contribution in [0, 0.1) is 18.3 Å². The monoisotopic (exact) mass is 667 g/mol. The summed E-state index contributed by atoms with van der Waals surface area (Å²) in [4.78, 5) is 48.4. The molecule has 1 aromatic rings. The lowest BCUT2D eigenvalue weighted by molar-refractivity contribution is -0.170. The number of terminal acetylenes is 1. The van der Waals surface area contributed by atoms with Crippen LogP contribution in [0.15, 0.2) is 34.2 Å². The smallest absolute Gasteiger partial charge is 0.416 e. The van der Waals surface area contributed by atoms with Crippen molar-refractivity contribution in [3.8, 4) is 12.3 Å². The van der Waals surface area contributed by atoms with Crippen molar-refractivity contribution in [1.82, 2.24) is 10.2 Å². The van der Waals surface area contributed by atoms with Crippen molar-refractivity contribution in [2.45, 2.75) is 50.2 Å². The van der Waals surface area contributed by atoms with Gasteiger partial charge in [-0.05, 0) is 61.3 Å². The number of amidine groups is 1. The number of likely N-dealkylation sites (tertiary alicyclic amines) is 1. The summed E-state index contributed by atoms with van der Waals surface area (Å²) in [5.74, 6) is -2.11. The molecule has 11 nitrogen and oxygen atoms in total. The minimum Gasteiger partial charge on any atom is -0.481 e. The molecule has 0 aromatic heterocycles. The number of benzene rings is 1. The number of rotatable bonds is 9. The van der Waals surface area contributed by atoms with E-state index >= 15 is 0 Å². The summed E-state index contributed by atoms with van der Waals surface area (Å²) in [5.41, 5.74) is -5.51. The number of aliphatic imine (C=N–C) groups is 1. The van der Waals surface area contributed by atoms with Gasteiger partial charge in [0.15, 0.2) is 5.60 Å². The highest BCUT2D eigenvalue weighted by Crippen LogP contribution is 2.38. The second-order valence-corrected chi connectivity index (χ2v) is 10.9. The van der Waals surface area contributed by atoms with Crippen molar-refractivity contribution in [2.75, 3.05) is 19.6 Å². The highest BCUT2D eigenvalue weighted by Gasteiger charge is 2.41. The molecule has 1 fully saturated rings. The average Bonchev–Trinajstić information content (AvgIpc) is 3.25. The van der Waals surface area contributed by atoms with Gasteiger partial charge in [0, 0.05) is 6.54 Å². The lowest BCUT2D eigenvalue weighted by atomic mass is 9.95. The van der Waals surface area contributed by atoms with E-state index in [1.807, 2.05) is 6.08 Å². The van der Waals surface area contributed by atoms with Crippen LogP contribution in [0.1, 0.15) is 42.4 Å². The van der Waals surface area contributed by atoms with Crippen LogP contribution in [0.2, 0.25) is 0 Å².